The van der Waals surface area contributed by atoms with Crippen LogP contribution < -0.4 is 5.32 Å². The van der Waals surface area contributed by atoms with Gasteiger partial charge in [-0.05, 0) is 44.2 Å². The lowest BCUT2D eigenvalue weighted by Crippen LogP contribution is -2.42. The predicted octanol–water partition coefficient (Wildman–Crippen LogP) is 3.74. The smallest absolute Gasteiger partial charge is 0.351 e. The van der Waals surface area contributed by atoms with Crippen LogP contribution in [0.3, 0.4) is 0 Å². The van der Waals surface area contributed by atoms with Crippen LogP contribution in [0.5, 0.6) is 0 Å². The molecule has 1 saturated carbocycles. The Hall–Kier alpha value is -3.06. The second-order valence-corrected chi connectivity index (χ2v) is 10.6. The van der Waals surface area contributed by atoms with E-state index < -0.39 is 21.8 Å². The summed E-state index contributed by atoms with van der Waals surface area (Å²) >= 11 is 0. The first-order chi connectivity index (χ1) is 16.7. The van der Waals surface area contributed by atoms with Crippen LogP contribution in [0.25, 0.3) is 11.3 Å². The van der Waals surface area contributed by atoms with Crippen molar-refractivity contribution >= 4 is 16.0 Å². The minimum Gasteiger partial charge on any atom is -0.351 e. The molecule has 1 aliphatic carbocycles. The highest BCUT2D eigenvalue weighted by Gasteiger charge is 2.36. The van der Waals surface area contributed by atoms with Crippen LogP contribution in [0, 0.1) is 0 Å². The Kier molecular flexibility index (Phi) is 6.21. The minimum atomic E-state index is -4.61. The van der Waals surface area contributed by atoms with Gasteiger partial charge >= 0.3 is 6.18 Å². The third-order valence-corrected chi connectivity index (χ3v) is 8.26. The van der Waals surface area contributed by atoms with Crippen LogP contribution in [0.15, 0.2) is 48.0 Å². The summed E-state index contributed by atoms with van der Waals surface area (Å²) in [5.41, 5.74) is -0.867. The van der Waals surface area contributed by atoms with E-state index in [2.05, 4.69) is 25.4 Å². The summed E-state index contributed by atoms with van der Waals surface area (Å²) in [6.45, 7) is 0.496. The quantitative estimate of drug-likeness (QED) is 0.542. The van der Waals surface area contributed by atoms with Crippen LogP contribution in [-0.4, -0.2) is 56.6 Å². The van der Waals surface area contributed by atoms with Gasteiger partial charge in [0.15, 0.2) is 5.03 Å². The summed E-state index contributed by atoms with van der Waals surface area (Å²) in [6.07, 6.45) is 4.50. The molecule has 3 aromatic rings. The maximum Gasteiger partial charge on any atom is 0.419 e. The lowest BCUT2D eigenvalue weighted by Gasteiger charge is -2.31. The number of rotatable bonds is 6. The van der Waals surface area contributed by atoms with Crippen LogP contribution >= 0.6 is 0 Å². The topological polar surface area (TPSA) is 106 Å². The lowest BCUT2D eigenvalue weighted by atomic mass is 9.93. The normalized spacial score (nSPS) is 18.4. The molecule has 0 bridgehead atoms. The minimum absolute atomic E-state index is 0.00966. The van der Waals surface area contributed by atoms with Gasteiger partial charge in [0.1, 0.15) is 5.56 Å². The number of aromatic nitrogens is 5. The van der Waals surface area contributed by atoms with Crippen molar-refractivity contribution in [2.45, 2.75) is 55.4 Å². The number of hydrogen-bond acceptors (Lipinski definition) is 7. The molecule has 35 heavy (non-hydrogen) atoms. The first-order valence-corrected chi connectivity index (χ1v) is 12.8. The van der Waals surface area contributed by atoms with Crippen LogP contribution in [0.4, 0.5) is 19.1 Å². The molecule has 186 valence electrons. The molecule has 0 unspecified atom stereocenters. The van der Waals surface area contributed by atoms with Gasteiger partial charge in [-0.25, -0.2) is 23.4 Å². The Morgan fingerprint density at radius 1 is 1.03 bits per heavy atom. The second kappa shape index (κ2) is 9.19. The van der Waals surface area contributed by atoms with Gasteiger partial charge in [0.2, 0.25) is 5.95 Å². The Bertz CT molecular complexity index is 1290. The fraction of sp³-hybridized carbons (Fsp3) is 0.455. The van der Waals surface area contributed by atoms with E-state index in [1.165, 1.54) is 22.8 Å². The van der Waals surface area contributed by atoms with Crippen LogP contribution in [-0.2, 0) is 16.2 Å². The van der Waals surface area contributed by atoms with E-state index in [0.717, 1.165) is 25.5 Å². The van der Waals surface area contributed by atoms with Crippen molar-refractivity contribution < 1.29 is 21.6 Å². The Labute approximate surface area is 200 Å². The predicted molar refractivity (Wildman–Crippen MR) is 121 cm³/mol. The zero-order valence-corrected chi connectivity index (χ0v) is 19.5. The summed E-state index contributed by atoms with van der Waals surface area (Å²) < 4.78 is 69.6. The second-order valence-electron chi connectivity index (χ2n) is 8.74. The fourth-order valence-corrected chi connectivity index (χ4v) is 5.65. The number of halogens is 3. The third kappa shape index (κ3) is 4.87. The van der Waals surface area contributed by atoms with Crippen LogP contribution in [0.1, 0.15) is 43.7 Å². The number of alkyl halides is 3. The van der Waals surface area contributed by atoms with Gasteiger partial charge in [-0.2, -0.15) is 22.6 Å². The summed E-state index contributed by atoms with van der Waals surface area (Å²) in [4.78, 5) is 12.0. The standard InChI is InChI=1S/C22H24F3N7O2S/c23-22(24,25)18-13-27-21(30-20(18)15-12-28-32(14-15)17-4-3-5-17)29-16-7-10-31(11-8-16)35(33,34)19-6-1-2-9-26-19/h1-2,6,9,12-14,16-17H,3-5,7-8,10-11H2,(H,27,29,30). The van der Waals surface area contributed by atoms with E-state index >= 15 is 0 Å². The molecule has 1 aliphatic heterocycles. The number of hydrogen-bond donors (Lipinski definition) is 1. The number of sulfonamides is 1. The van der Waals surface area contributed by atoms with E-state index in [0.29, 0.717) is 12.8 Å². The summed E-state index contributed by atoms with van der Waals surface area (Å²) in [5, 5.41) is 7.31. The highest BCUT2D eigenvalue weighted by molar-refractivity contribution is 7.89. The van der Waals surface area contributed by atoms with Crippen LogP contribution in [0.2, 0.25) is 0 Å². The maximum absolute atomic E-state index is 13.7. The third-order valence-electron chi connectivity index (χ3n) is 6.45. The number of piperidine rings is 1. The lowest BCUT2D eigenvalue weighted by molar-refractivity contribution is -0.137. The molecule has 1 saturated heterocycles. The van der Waals surface area contributed by atoms with Crippen molar-refractivity contribution in [2.24, 2.45) is 0 Å². The van der Waals surface area contributed by atoms with Crippen molar-refractivity contribution in [1.82, 2.24) is 29.0 Å². The number of anilines is 1. The molecule has 13 heteroatoms. The average molecular weight is 508 g/mol. The maximum atomic E-state index is 13.7. The molecule has 0 radical (unpaired) electrons. The Balaban J connectivity index is 1.31. The Morgan fingerprint density at radius 3 is 2.43 bits per heavy atom. The van der Waals surface area contributed by atoms with Gasteiger partial charge in [0.05, 0.1) is 17.9 Å². The summed E-state index contributed by atoms with van der Waals surface area (Å²) in [6, 6.07) is 4.73. The molecular weight excluding hydrogens is 483 g/mol. The molecule has 9 nitrogen and oxygen atoms in total. The zero-order valence-electron chi connectivity index (χ0n) is 18.7. The van der Waals surface area contributed by atoms with E-state index in [9.17, 15) is 21.6 Å². The van der Waals surface area contributed by atoms with Gasteiger partial charge < -0.3 is 5.32 Å². The highest BCUT2D eigenvalue weighted by atomic mass is 32.2. The van der Waals surface area contributed by atoms with Gasteiger partial charge in [-0.3, -0.25) is 4.68 Å². The zero-order chi connectivity index (χ0) is 24.6. The molecule has 0 atom stereocenters. The Morgan fingerprint density at radius 2 is 1.80 bits per heavy atom. The number of nitrogens with one attached hydrogen (secondary N) is 1. The summed E-state index contributed by atoms with van der Waals surface area (Å²) in [5.74, 6) is 0.0652. The van der Waals surface area contributed by atoms with E-state index in [-0.39, 0.29) is 47.4 Å². The van der Waals surface area contributed by atoms with Crippen molar-refractivity contribution in [3.05, 3.63) is 48.5 Å². The number of nitrogens with zero attached hydrogens (tertiary/aromatic N) is 6. The molecule has 1 N–H and O–H groups in total. The van der Waals surface area contributed by atoms with Crippen molar-refractivity contribution in [3.8, 4) is 11.3 Å². The molecule has 4 heterocycles. The van der Waals surface area contributed by atoms with Crippen molar-refractivity contribution in [3.63, 3.8) is 0 Å². The molecule has 2 aliphatic rings. The van der Waals surface area contributed by atoms with Gasteiger partial charge in [0.25, 0.3) is 10.0 Å². The monoisotopic (exact) mass is 507 g/mol. The SMILES string of the molecule is O=S(=O)(c1ccccn1)N1CCC(Nc2ncc(C(F)(F)F)c(-c3cnn(C4CCC4)c3)n2)CC1. The molecular formula is C22H24F3N7O2S. The van der Waals surface area contributed by atoms with Gasteiger partial charge in [-0.15, -0.1) is 0 Å². The van der Waals surface area contributed by atoms with Crippen molar-refractivity contribution in [2.75, 3.05) is 18.4 Å². The molecule has 3 aromatic heterocycles. The molecule has 5 rings (SSSR count). The highest BCUT2D eigenvalue weighted by Crippen LogP contribution is 2.37. The van der Waals surface area contributed by atoms with E-state index in [1.807, 2.05) is 0 Å². The molecule has 0 spiro atoms. The average Bonchev–Trinajstić information content (AvgIpc) is 3.27. The summed E-state index contributed by atoms with van der Waals surface area (Å²) in [7, 11) is -3.70. The van der Waals surface area contributed by atoms with Gasteiger partial charge in [-0.1, -0.05) is 6.07 Å². The molecule has 0 amide bonds. The van der Waals surface area contributed by atoms with Crippen molar-refractivity contribution in [1.29, 1.82) is 0 Å². The van der Waals surface area contributed by atoms with Gasteiger partial charge in [0, 0.05) is 43.3 Å². The largest absolute Gasteiger partial charge is 0.419 e. The molecule has 0 aromatic carbocycles. The molecule has 2 fully saturated rings. The number of pyridine rings is 1. The van der Waals surface area contributed by atoms with E-state index in [4.69, 9.17) is 0 Å². The fourth-order valence-electron chi connectivity index (χ4n) is 4.25. The first kappa shape index (κ1) is 23.7. The van der Waals surface area contributed by atoms with E-state index in [1.54, 1.807) is 23.0 Å². The first-order valence-electron chi connectivity index (χ1n) is 11.4.